The van der Waals surface area contributed by atoms with Gasteiger partial charge in [-0.2, -0.15) is 0 Å². The molecule has 0 atom stereocenters. The molecule has 0 saturated heterocycles. The van der Waals surface area contributed by atoms with Crippen molar-refractivity contribution in [2.24, 2.45) is 5.92 Å². The van der Waals surface area contributed by atoms with Crippen LogP contribution in [0.15, 0.2) is 48.6 Å². The third-order valence-electron chi connectivity index (χ3n) is 1.59. The maximum atomic E-state index is 2.19. The van der Waals surface area contributed by atoms with Crippen LogP contribution in [0, 0.1) is 5.92 Å². The van der Waals surface area contributed by atoms with Crippen molar-refractivity contribution in [1.82, 2.24) is 0 Å². The van der Waals surface area contributed by atoms with E-state index in [0.29, 0.717) is 5.92 Å². The standard InChI is InChI=1S/C11H14/c1-2-3-4-5-8-11-9-6-7-10-11/h3-11H,2H2,1H3. The van der Waals surface area contributed by atoms with E-state index in [1.54, 1.807) is 0 Å². The van der Waals surface area contributed by atoms with Crippen LogP contribution in [0.25, 0.3) is 0 Å². The van der Waals surface area contributed by atoms with Crippen LogP contribution in [-0.2, 0) is 0 Å². The molecule has 0 aromatic carbocycles. The molecule has 0 unspecified atom stereocenters. The Kier molecular flexibility index (Phi) is 3.46. The van der Waals surface area contributed by atoms with Gasteiger partial charge in [0.05, 0.1) is 0 Å². The highest BCUT2D eigenvalue weighted by Crippen LogP contribution is 2.09. The molecule has 0 radical (unpaired) electrons. The van der Waals surface area contributed by atoms with Gasteiger partial charge >= 0.3 is 0 Å². The Morgan fingerprint density at radius 3 is 2.55 bits per heavy atom. The minimum Gasteiger partial charge on any atom is -0.0848 e. The van der Waals surface area contributed by atoms with E-state index in [4.69, 9.17) is 0 Å². The molecular weight excluding hydrogens is 132 g/mol. The van der Waals surface area contributed by atoms with Gasteiger partial charge in [0.15, 0.2) is 0 Å². The molecule has 0 aromatic rings. The summed E-state index contributed by atoms with van der Waals surface area (Å²) in [6, 6.07) is 0. The lowest BCUT2D eigenvalue weighted by atomic mass is 10.1. The normalized spacial score (nSPS) is 17.9. The molecule has 58 valence electrons. The summed E-state index contributed by atoms with van der Waals surface area (Å²) in [7, 11) is 0. The molecule has 0 saturated carbocycles. The predicted octanol–water partition coefficient (Wildman–Crippen LogP) is 3.25. The van der Waals surface area contributed by atoms with Crippen LogP contribution in [-0.4, -0.2) is 0 Å². The molecule has 0 N–H and O–H groups in total. The predicted molar refractivity (Wildman–Crippen MR) is 50.3 cm³/mol. The first kappa shape index (κ1) is 8.06. The lowest BCUT2D eigenvalue weighted by Gasteiger charge is -1.91. The van der Waals surface area contributed by atoms with Gasteiger partial charge in [0.25, 0.3) is 0 Å². The van der Waals surface area contributed by atoms with E-state index in [0.717, 1.165) is 6.42 Å². The molecule has 0 aromatic heterocycles. The molecule has 0 spiro atoms. The molecule has 0 fully saturated rings. The molecule has 0 heteroatoms. The molecule has 0 heterocycles. The minimum absolute atomic E-state index is 0.525. The van der Waals surface area contributed by atoms with Gasteiger partial charge in [-0.05, 0) is 6.42 Å². The van der Waals surface area contributed by atoms with Crippen molar-refractivity contribution in [3.63, 3.8) is 0 Å². The molecule has 0 nitrogen and oxygen atoms in total. The quantitative estimate of drug-likeness (QED) is 0.536. The molecule has 1 aliphatic carbocycles. The SMILES string of the molecule is CCC=CC=CC1C=CC=C1. The highest BCUT2D eigenvalue weighted by atomic mass is 14.0. The maximum Gasteiger partial charge on any atom is 0.0136 e. The van der Waals surface area contributed by atoms with Gasteiger partial charge in [0, 0.05) is 5.92 Å². The second kappa shape index (κ2) is 4.73. The fourth-order valence-corrected chi connectivity index (χ4v) is 0.984. The average Bonchev–Trinajstić information content (AvgIpc) is 2.50. The van der Waals surface area contributed by atoms with E-state index >= 15 is 0 Å². The van der Waals surface area contributed by atoms with E-state index in [1.165, 1.54) is 0 Å². The molecule has 0 bridgehead atoms. The summed E-state index contributed by atoms with van der Waals surface area (Å²) in [6.07, 6.45) is 18.2. The summed E-state index contributed by atoms with van der Waals surface area (Å²) in [5.41, 5.74) is 0. The Labute approximate surface area is 68.6 Å². The van der Waals surface area contributed by atoms with Gasteiger partial charge in [-0.15, -0.1) is 0 Å². The summed E-state index contributed by atoms with van der Waals surface area (Å²) in [5.74, 6) is 0.525. The van der Waals surface area contributed by atoms with Gasteiger partial charge in [-0.25, -0.2) is 0 Å². The smallest absolute Gasteiger partial charge is 0.0136 e. The number of hydrogen-bond acceptors (Lipinski definition) is 0. The number of rotatable bonds is 3. The van der Waals surface area contributed by atoms with Crippen LogP contribution in [0.4, 0.5) is 0 Å². The first-order chi connectivity index (χ1) is 5.43. The summed E-state index contributed by atoms with van der Waals surface area (Å²) < 4.78 is 0. The highest BCUT2D eigenvalue weighted by molar-refractivity contribution is 5.24. The Balaban J connectivity index is 2.29. The Morgan fingerprint density at radius 1 is 1.18 bits per heavy atom. The zero-order chi connectivity index (χ0) is 7.94. The van der Waals surface area contributed by atoms with Crippen LogP contribution in [0.5, 0.6) is 0 Å². The summed E-state index contributed by atoms with van der Waals surface area (Å²) in [4.78, 5) is 0. The molecule has 0 amide bonds. The van der Waals surface area contributed by atoms with Gasteiger partial charge in [-0.3, -0.25) is 0 Å². The first-order valence-electron chi connectivity index (χ1n) is 4.12. The minimum atomic E-state index is 0.525. The lowest BCUT2D eigenvalue weighted by Crippen LogP contribution is -1.78. The fourth-order valence-electron chi connectivity index (χ4n) is 0.984. The van der Waals surface area contributed by atoms with Gasteiger partial charge in [0.2, 0.25) is 0 Å². The van der Waals surface area contributed by atoms with Crippen molar-refractivity contribution in [2.75, 3.05) is 0 Å². The fraction of sp³-hybridized carbons (Fsp3) is 0.273. The first-order valence-corrected chi connectivity index (χ1v) is 4.12. The van der Waals surface area contributed by atoms with Gasteiger partial charge in [0.1, 0.15) is 0 Å². The van der Waals surface area contributed by atoms with E-state index < -0.39 is 0 Å². The van der Waals surface area contributed by atoms with Crippen LogP contribution in [0.3, 0.4) is 0 Å². The topological polar surface area (TPSA) is 0 Å². The third kappa shape index (κ3) is 3.03. The number of hydrogen-bond donors (Lipinski definition) is 0. The van der Waals surface area contributed by atoms with Gasteiger partial charge < -0.3 is 0 Å². The molecular formula is C11H14. The summed E-state index contributed by atoms with van der Waals surface area (Å²) in [6.45, 7) is 2.14. The average molecular weight is 146 g/mol. The van der Waals surface area contributed by atoms with E-state index in [2.05, 4.69) is 55.5 Å². The Hall–Kier alpha value is -1.04. The van der Waals surface area contributed by atoms with Crippen LogP contribution in [0.1, 0.15) is 13.3 Å². The monoisotopic (exact) mass is 146 g/mol. The molecule has 1 aliphatic rings. The second-order valence-corrected chi connectivity index (χ2v) is 2.57. The molecule has 11 heavy (non-hydrogen) atoms. The van der Waals surface area contributed by atoms with E-state index in [1.807, 2.05) is 0 Å². The van der Waals surface area contributed by atoms with Crippen LogP contribution < -0.4 is 0 Å². The zero-order valence-corrected chi connectivity index (χ0v) is 6.90. The van der Waals surface area contributed by atoms with Crippen molar-refractivity contribution in [2.45, 2.75) is 13.3 Å². The van der Waals surface area contributed by atoms with Crippen LogP contribution >= 0.6 is 0 Å². The maximum absolute atomic E-state index is 2.19. The van der Waals surface area contributed by atoms with E-state index in [-0.39, 0.29) is 0 Å². The summed E-state index contributed by atoms with van der Waals surface area (Å²) >= 11 is 0. The van der Waals surface area contributed by atoms with Crippen molar-refractivity contribution in [3.05, 3.63) is 48.6 Å². The van der Waals surface area contributed by atoms with E-state index in [9.17, 15) is 0 Å². The zero-order valence-electron chi connectivity index (χ0n) is 6.90. The van der Waals surface area contributed by atoms with Crippen molar-refractivity contribution >= 4 is 0 Å². The number of allylic oxidation sites excluding steroid dienone is 8. The van der Waals surface area contributed by atoms with Crippen LogP contribution in [0.2, 0.25) is 0 Å². The van der Waals surface area contributed by atoms with Crippen molar-refractivity contribution < 1.29 is 0 Å². The largest absolute Gasteiger partial charge is 0.0848 e. The van der Waals surface area contributed by atoms with Gasteiger partial charge in [-0.1, -0.05) is 55.5 Å². The Morgan fingerprint density at radius 2 is 1.91 bits per heavy atom. The summed E-state index contributed by atoms with van der Waals surface area (Å²) in [5, 5.41) is 0. The molecule has 1 rings (SSSR count). The van der Waals surface area contributed by atoms with Crippen molar-refractivity contribution in [1.29, 1.82) is 0 Å². The Bertz CT molecular complexity index is 192. The van der Waals surface area contributed by atoms with Crippen molar-refractivity contribution in [3.8, 4) is 0 Å². The third-order valence-corrected chi connectivity index (χ3v) is 1.59. The molecule has 0 aliphatic heterocycles. The highest BCUT2D eigenvalue weighted by Gasteiger charge is 1.94. The second-order valence-electron chi connectivity index (χ2n) is 2.57. The lowest BCUT2D eigenvalue weighted by molar-refractivity contribution is 1.09.